The van der Waals surface area contributed by atoms with Gasteiger partial charge >= 0.3 is 0 Å². The van der Waals surface area contributed by atoms with Crippen molar-refractivity contribution in [3.63, 3.8) is 0 Å². The van der Waals surface area contributed by atoms with Crippen molar-refractivity contribution in [2.45, 2.75) is 6.54 Å². The first-order valence-electron chi connectivity index (χ1n) is 6.95. The van der Waals surface area contributed by atoms with Crippen LogP contribution in [-0.2, 0) is 6.54 Å². The van der Waals surface area contributed by atoms with Gasteiger partial charge in [-0.1, -0.05) is 0 Å². The van der Waals surface area contributed by atoms with Gasteiger partial charge in [-0.05, 0) is 22.0 Å². The minimum atomic E-state index is 0.333. The summed E-state index contributed by atoms with van der Waals surface area (Å²) >= 11 is 4.99. The zero-order valence-electron chi connectivity index (χ0n) is 12.2. The Morgan fingerprint density at radius 2 is 2.12 bits per heavy atom. The summed E-state index contributed by atoms with van der Waals surface area (Å²) in [5, 5.41) is 8.53. The van der Waals surface area contributed by atoms with Crippen molar-refractivity contribution in [2.24, 2.45) is 0 Å². The number of hydrogen-bond donors (Lipinski definition) is 2. The van der Waals surface area contributed by atoms with Crippen LogP contribution < -0.4 is 11.1 Å². The van der Waals surface area contributed by atoms with Crippen LogP contribution in [0.1, 0.15) is 4.88 Å². The van der Waals surface area contributed by atoms with Crippen LogP contribution >= 0.6 is 27.3 Å². The van der Waals surface area contributed by atoms with E-state index in [4.69, 9.17) is 5.73 Å². The third-order valence-electron chi connectivity index (χ3n) is 3.34. The van der Waals surface area contributed by atoms with E-state index in [2.05, 4.69) is 46.3 Å². The van der Waals surface area contributed by atoms with Gasteiger partial charge in [0.2, 0.25) is 0 Å². The molecule has 0 radical (unpaired) electrons. The van der Waals surface area contributed by atoms with Crippen LogP contribution in [0.5, 0.6) is 0 Å². The van der Waals surface area contributed by atoms with Crippen molar-refractivity contribution in [3.05, 3.63) is 45.7 Å². The predicted molar refractivity (Wildman–Crippen MR) is 96.0 cm³/mol. The number of nitrogen functional groups attached to an aromatic ring is 1. The normalized spacial score (nSPS) is 11.0. The molecular weight excluding hydrogens is 392 g/mol. The van der Waals surface area contributed by atoms with Gasteiger partial charge in [0.25, 0.3) is 5.95 Å². The summed E-state index contributed by atoms with van der Waals surface area (Å²) in [6.45, 7) is 0.598. The van der Waals surface area contributed by atoms with Crippen molar-refractivity contribution >= 4 is 49.8 Å². The fraction of sp³-hybridized carbons (Fsp3) is 0.0714. The molecule has 0 aliphatic carbocycles. The predicted octanol–water partition coefficient (Wildman–Crippen LogP) is 2.62. The lowest BCUT2D eigenvalue weighted by Crippen LogP contribution is -2.10. The molecular formula is C14H11BrN8S. The quantitative estimate of drug-likeness (QED) is 0.539. The smallest absolute Gasteiger partial charge is 0.255 e. The Morgan fingerprint density at radius 1 is 1.21 bits per heavy atom. The van der Waals surface area contributed by atoms with Gasteiger partial charge in [-0.15, -0.1) is 11.3 Å². The lowest BCUT2D eigenvalue weighted by molar-refractivity contribution is 0.832. The summed E-state index contributed by atoms with van der Waals surface area (Å²) in [4.78, 5) is 18.1. The van der Waals surface area contributed by atoms with E-state index in [9.17, 15) is 0 Å². The third kappa shape index (κ3) is 2.69. The molecule has 0 aromatic carbocycles. The van der Waals surface area contributed by atoms with E-state index < -0.39 is 0 Å². The van der Waals surface area contributed by atoms with Gasteiger partial charge in [0.15, 0.2) is 0 Å². The lowest BCUT2D eigenvalue weighted by atomic mass is 10.3. The Morgan fingerprint density at radius 3 is 2.96 bits per heavy atom. The maximum atomic E-state index is 6.02. The number of pyridine rings is 1. The molecule has 0 aliphatic rings. The molecule has 0 spiro atoms. The summed E-state index contributed by atoms with van der Waals surface area (Å²) in [5.41, 5.74) is 8.62. The van der Waals surface area contributed by atoms with Gasteiger partial charge in [0.1, 0.15) is 16.1 Å². The number of anilines is 2. The van der Waals surface area contributed by atoms with Gasteiger partial charge in [-0.2, -0.15) is 19.7 Å². The Hall–Kier alpha value is -2.59. The van der Waals surface area contributed by atoms with Crippen LogP contribution in [0.2, 0.25) is 0 Å². The molecule has 10 heteroatoms. The van der Waals surface area contributed by atoms with Gasteiger partial charge in [0, 0.05) is 22.7 Å². The van der Waals surface area contributed by atoms with Crippen molar-refractivity contribution < 1.29 is 0 Å². The highest BCUT2D eigenvalue weighted by Crippen LogP contribution is 2.27. The average Bonchev–Trinajstić information content (AvgIpc) is 3.25. The number of rotatable bonds is 4. The number of thiazole rings is 1. The minimum absolute atomic E-state index is 0.333. The summed E-state index contributed by atoms with van der Waals surface area (Å²) in [7, 11) is 0. The van der Waals surface area contributed by atoms with E-state index in [1.807, 2.05) is 12.3 Å². The molecule has 0 saturated carbocycles. The highest BCUT2D eigenvalue weighted by Gasteiger charge is 2.14. The third-order valence-corrected chi connectivity index (χ3v) is 4.90. The van der Waals surface area contributed by atoms with Crippen molar-refractivity contribution in [1.82, 2.24) is 29.7 Å². The second-order valence-corrected chi connectivity index (χ2v) is 6.65. The van der Waals surface area contributed by atoms with E-state index in [1.54, 1.807) is 40.1 Å². The van der Waals surface area contributed by atoms with Gasteiger partial charge < -0.3 is 11.1 Å². The Bertz CT molecular complexity index is 997. The second kappa shape index (κ2) is 6.13. The molecule has 3 N–H and O–H groups in total. The summed E-state index contributed by atoms with van der Waals surface area (Å²) in [5.74, 6) is 1.31. The number of nitrogens with two attached hydrogens (primary N) is 1. The molecule has 0 aliphatic heterocycles. The van der Waals surface area contributed by atoms with Crippen LogP contribution in [0.3, 0.4) is 0 Å². The molecule has 0 saturated heterocycles. The Kier molecular flexibility index (Phi) is 3.82. The number of hydrogen-bond acceptors (Lipinski definition) is 8. The molecule has 4 heterocycles. The summed E-state index contributed by atoms with van der Waals surface area (Å²) in [6, 6.07) is 1.88. The lowest BCUT2D eigenvalue weighted by Gasteiger charge is -2.10. The first-order chi connectivity index (χ1) is 11.7. The van der Waals surface area contributed by atoms with Crippen molar-refractivity contribution in [1.29, 1.82) is 0 Å². The number of nitrogens with one attached hydrogen (secondary N) is 1. The number of fused-ring (bicyclic) bond motifs is 1. The van der Waals surface area contributed by atoms with E-state index in [1.165, 1.54) is 0 Å². The highest BCUT2D eigenvalue weighted by molar-refractivity contribution is 9.10. The number of halogens is 1. The van der Waals surface area contributed by atoms with Crippen LogP contribution in [0.4, 0.5) is 11.6 Å². The molecule has 120 valence electrons. The van der Waals surface area contributed by atoms with E-state index in [0.29, 0.717) is 28.6 Å². The standard InChI is InChI=1S/C14H11BrN8S/c15-11-12(16)21-14(22-13(11)19-5-9-4-18-7-24-9)23-10-6-17-2-1-8(10)3-20-23/h1-4,6-7H,5H2,(H3,16,19,21,22). The number of nitrogens with zero attached hydrogens (tertiary/aromatic N) is 6. The van der Waals surface area contributed by atoms with Crippen LogP contribution in [0.15, 0.2) is 40.8 Å². The minimum Gasteiger partial charge on any atom is -0.383 e. The molecule has 4 rings (SSSR count). The average molecular weight is 403 g/mol. The Labute approximate surface area is 148 Å². The summed E-state index contributed by atoms with van der Waals surface area (Å²) < 4.78 is 2.23. The van der Waals surface area contributed by atoms with E-state index >= 15 is 0 Å². The van der Waals surface area contributed by atoms with E-state index in [-0.39, 0.29) is 0 Å². The molecule has 0 atom stereocenters. The maximum absolute atomic E-state index is 6.02. The van der Waals surface area contributed by atoms with Crippen LogP contribution in [0, 0.1) is 0 Å². The van der Waals surface area contributed by atoms with Gasteiger partial charge in [-0.3, -0.25) is 9.97 Å². The fourth-order valence-electron chi connectivity index (χ4n) is 2.19. The van der Waals surface area contributed by atoms with Crippen molar-refractivity contribution in [3.8, 4) is 5.95 Å². The van der Waals surface area contributed by atoms with Gasteiger partial charge in [-0.25, -0.2) is 0 Å². The van der Waals surface area contributed by atoms with Crippen molar-refractivity contribution in [2.75, 3.05) is 11.1 Å². The highest BCUT2D eigenvalue weighted by atomic mass is 79.9. The zero-order valence-corrected chi connectivity index (χ0v) is 14.6. The molecule has 0 bridgehead atoms. The largest absolute Gasteiger partial charge is 0.383 e. The molecule has 4 aromatic rings. The molecule has 0 amide bonds. The summed E-state index contributed by atoms with van der Waals surface area (Å²) in [6.07, 6.45) is 6.98. The Balaban J connectivity index is 1.74. The molecule has 8 nitrogen and oxygen atoms in total. The first-order valence-corrected chi connectivity index (χ1v) is 8.62. The van der Waals surface area contributed by atoms with Crippen LogP contribution in [0.25, 0.3) is 16.9 Å². The second-order valence-electron chi connectivity index (χ2n) is 4.88. The molecule has 0 unspecified atom stereocenters. The number of aromatic nitrogens is 6. The van der Waals surface area contributed by atoms with E-state index in [0.717, 1.165) is 15.8 Å². The van der Waals surface area contributed by atoms with Gasteiger partial charge in [0.05, 0.1) is 30.0 Å². The zero-order chi connectivity index (χ0) is 16.5. The monoisotopic (exact) mass is 402 g/mol. The molecule has 4 aromatic heterocycles. The topological polar surface area (TPSA) is 107 Å². The molecule has 0 fully saturated rings. The van der Waals surface area contributed by atoms with Crippen LogP contribution in [-0.4, -0.2) is 29.7 Å². The maximum Gasteiger partial charge on any atom is 0.255 e. The molecule has 24 heavy (non-hydrogen) atoms. The SMILES string of the molecule is Nc1nc(-n2ncc3ccncc32)nc(NCc2cncs2)c1Br. The fourth-order valence-corrected chi connectivity index (χ4v) is 3.04. The first kappa shape index (κ1) is 15.0.